The second kappa shape index (κ2) is 15.3. The first-order valence-electron chi connectivity index (χ1n) is 10.3. The summed E-state index contributed by atoms with van der Waals surface area (Å²) in [4.78, 5) is 20.5. The van der Waals surface area contributed by atoms with Gasteiger partial charge in [-0.1, -0.05) is 23.2 Å². The quantitative estimate of drug-likeness (QED) is 0.207. The van der Waals surface area contributed by atoms with Gasteiger partial charge >= 0.3 is 7.69 Å². The minimum absolute atomic E-state index is 0.00783. The van der Waals surface area contributed by atoms with Crippen LogP contribution in [0.2, 0.25) is 10.0 Å². The van der Waals surface area contributed by atoms with E-state index >= 15 is 0 Å². The monoisotopic (exact) mass is 545 g/mol. The summed E-state index contributed by atoms with van der Waals surface area (Å²) in [5, 5.41) is 18.1. The molecule has 0 atom stereocenters. The molecule has 4 rings (SSSR count). The molecule has 2 N–H and O–H groups in total. The van der Waals surface area contributed by atoms with Crippen molar-refractivity contribution >= 4 is 43.5 Å². The summed E-state index contributed by atoms with van der Waals surface area (Å²) in [6, 6.07) is 20.8. The zero-order valence-electron chi connectivity index (χ0n) is 18.9. The van der Waals surface area contributed by atoms with E-state index in [0.29, 0.717) is 47.6 Å². The predicted octanol–water partition coefficient (Wildman–Crippen LogP) is 6.67. The highest BCUT2D eigenvalue weighted by atomic mass is 35.5. The maximum Gasteiger partial charge on any atom is 0.569 e. The fraction of sp³-hybridized carbons (Fsp3) is 0. The van der Waals surface area contributed by atoms with Gasteiger partial charge in [0.1, 0.15) is 34.6 Å². The Bertz CT molecular complexity index is 1310. The Morgan fingerprint density at radius 2 is 1.14 bits per heavy atom. The van der Waals surface area contributed by atoms with Crippen molar-refractivity contribution in [1.82, 2.24) is 0 Å². The number of ether oxygens (including phenoxy) is 1. The highest BCUT2D eigenvalue weighted by Crippen LogP contribution is 2.24. The van der Waals surface area contributed by atoms with Gasteiger partial charge in [-0.25, -0.2) is 8.78 Å². The second-order valence-corrected chi connectivity index (χ2v) is 7.73. The zero-order chi connectivity index (χ0) is 27.2. The van der Waals surface area contributed by atoms with Crippen LogP contribution in [-0.4, -0.2) is 30.4 Å². The van der Waals surface area contributed by atoms with Crippen LogP contribution in [0, 0.1) is 11.6 Å². The third-order valence-electron chi connectivity index (χ3n) is 4.26. The number of phenols is 1. The lowest BCUT2D eigenvalue weighted by Crippen LogP contribution is -1.98. The van der Waals surface area contributed by atoms with Gasteiger partial charge in [-0.15, -0.1) is 0 Å². The zero-order valence-corrected chi connectivity index (χ0v) is 20.4. The molecule has 0 aromatic heterocycles. The molecule has 1 radical (unpaired) electrons. The molecule has 4 aromatic carbocycles. The van der Waals surface area contributed by atoms with Crippen molar-refractivity contribution in [2.75, 3.05) is 0 Å². The number of hydrogen-bond donors (Lipinski definition) is 2. The molecule has 0 bridgehead atoms. The van der Waals surface area contributed by atoms with Crippen LogP contribution in [0.3, 0.4) is 0 Å². The van der Waals surface area contributed by atoms with Gasteiger partial charge in [-0.3, -0.25) is 9.59 Å². The highest BCUT2D eigenvalue weighted by Gasteiger charge is 2.04. The smallest absolute Gasteiger partial charge is 0.537 e. The van der Waals surface area contributed by atoms with Crippen molar-refractivity contribution in [2.24, 2.45) is 0 Å². The Balaban J connectivity index is 0.000000208. The summed E-state index contributed by atoms with van der Waals surface area (Å²) in [7, 11) is 0.628. The van der Waals surface area contributed by atoms with Crippen LogP contribution >= 0.6 is 23.2 Å². The van der Waals surface area contributed by atoms with E-state index < -0.39 is 11.6 Å². The number of rotatable bonds is 6. The number of hydrogen-bond acceptors (Lipinski definition) is 6. The molecule has 0 saturated carbocycles. The Hall–Kier alpha value is -3.92. The third-order valence-corrected chi connectivity index (χ3v) is 4.77. The summed E-state index contributed by atoms with van der Waals surface area (Å²) in [5.74, 6) is -0.0421. The van der Waals surface area contributed by atoms with Crippen LogP contribution in [0.1, 0.15) is 20.7 Å². The standard InChI is InChI=1S/C13H8ClFO2.C7H5FO2.C6H5BClO2/c14-10-2-5-11(6-3-10)17-12-4-1-9(8-16)13(15)7-12;8-7-3-6(10)2-1-5(7)4-9;8-5-1-3-6(4-2-5)10-7-9/h1-8H;1-4,10H;1-4,9H. The third kappa shape index (κ3) is 10.3. The normalized spacial score (nSPS) is 9.54. The van der Waals surface area contributed by atoms with Crippen molar-refractivity contribution in [3.8, 4) is 23.0 Å². The van der Waals surface area contributed by atoms with E-state index in [-0.39, 0.29) is 16.9 Å². The predicted molar refractivity (Wildman–Crippen MR) is 137 cm³/mol. The van der Waals surface area contributed by atoms with Gasteiger partial charge in [0.15, 0.2) is 12.6 Å². The Morgan fingerprint density at radius 3 is 1.59 bits per heavy atom. The number of aromatic hydroxyl groups is 1. The first-order valence-corrected chi connectivity index (χ1v) is 11.0. The molecule has 0 aliphatic carbocycles. The Kier molecular flexibility index (Phi) is 12.1. The van der Waals surface area contributed by atoms with Crippen molar-refractivity contribution in [1.29, 1.82) is 0 Å². The molecule has 189 valence electrons. The lowest BCUT2D eigenvalue weighted by molar-refractivity contribution is 0.111. The van der Waals surface area contributed by atoms with Gasteiger partial charge < -0.3 is 19.5 Å². The van der Waals surface area contributed by atoms with Gasteiger partial charge in [0.25, 0.3) is 0 Å². The van der Waals surface area contributed by atoms with E-state index in [1.807, 2.05) is 0 Å². The number of halogens is 4. The number of carbonyl (C=O) groups excluding carboxylic acids is 2. The average molecular weight is 546 g/mol. The lowest BCUT2D eigenvalue weighted by atomic mass is 10.2. The number of phenolic OH excluding ortho intramolecular Hbond substituents is 1. The fourth-order valence-corrected chi connectivity index (χ4v) is 2.74. The molecular weight excluding hydrogens is 528 g/mol. The van der Waals surface area contributed by atoms with Gasteiger partial charge in [0.2, 0.25) is 0 Å². The van der Waals surface area contributed by atoms with Gasteiger partial charge in [-0.05, 0) is 72.8 Å². The summed E-state index contributed by atoms with van der Waals surface area (Å²) in [6.07, 6.45) is 0.857. The highest BCUT2D eigenvalue weighted by molar-refractivity contribution is 6.30. The minimum Gasteiger partial charge on any atom is -0.537 e. The number of aldehydes is 2. The first-order chi connectivity index (χ1) is 17.7. The van der Waals surface area contributed by atoms with Crippen LogP contribution in [0.25, 0.3) is 0 Å². The molecule has 0 amide bonds. The number of carbonyl (C=O) groups is 2. The molecule has 0 aliphatic rings. The maximum atomic E-state index is 13.3. The largest absolute Gasteiger partial charge is 0.569 e. The van der Waals surface area contributed by atoms with Crippen LogP contribution in [0.15, 0.2) is 84.9 Å². The van der Waals surface area contributed by atoms with E-state index in [4.69, 9.17) is 38.1 Å². The van der Waals surface area contributed by atoms with Gasteiger partial charge in [-0.2, -0.15) is 0 Å². The van der Waals surface area contributed by atoms with Crippen molar-refractivity contribution in [3.05, 3.63) is 118 Å². The van der Waals surface area contributed by atoms with Crippen LogP contribution in [-0.2, 0) is 0 Å². The van der Waals surface area contributed by atoms with Crippen molar-refractivity contribution in [2.45, 2.75) is 0 Å². The summed E-state index contributed by atoms with van der Waals surface area (Å²) < 4.78 is 35.8. The molecular formula is C26H18BCl2F2O6. The molecule has 6 nitrogen and oxygen atoms in total. The second-order valence-electron chi connectivity index (χ2n) is 6.86. The van der Waals surface area contributed by atoms with E-state index in [0.717, 1.165) is 6.07 Å². The summed E-state index contributed by atoms with van der Waals surface area (Å²) in [5.41, 5.74) is -0.0359. The maximum absolute atomic E-state index is 13.3. The molecule has 0 unspecified atom stereocenters. The molecule has 0 aliphatic heterocycles. The summed E-state index contributed by atoms with van der Waals surface area (Å²) in [6.45, 7) is 0. The summed E-state index contributed by atoms with van der Waals surface area (Å²) >= 11 is 11.3. The molecule has 4 aromatic rings. The van der Waals surface area contributed by atoms with E-state index in [2.05, 4.69) is 4.65 Å². The van der Waals surface area contributed by atoms with E-state index in [1.165, 1.54) is 30.3 Å². The SMILES string of the molecule is O=Cc1ccc(O)cc1F.O=Cc1ccc(Oc2ccc(Cl)cc2)cc1F.O[B]Oc1ccc(Cl)cc1. The minimum atomic E-state index is -0.699. The van der Waals surface area contributed by atoms with Crippen molar-refractivity contribution < 1.29 is 37.9 Å². The van der Waals surface area contributed by atoms with E-state index in [9.17, 15) is 18.4 Å². The molecule has 0 heterocycles. The van der Waals surface area contributed by atoms with Crippen LogP contribution < -0.4 is 9.39 Å². The average Bonchev–Trinajstić information content (AvgIpc) is 2.88. The van der Waals surface area contributed by atoms with Crippen molar-refractivity contribution in [3.63, 3.8) is 0 Å². The molecule has 0 saturated heterocycles. The lowest BCUT2D eigenvalue weighted by Gasteiger charge is -2.06. The molecule has 0 fully saturated rings. The molecule has 37 heavy (non-hydrogen) atoms. The van der Waals surface area contributed by atoms with Gasteiger partial charge in [0.05, 0.1) is 11.1 Å². The molecule has 11 heteroatoms. The van der Waals surface area contributed by atoms with Crippen LogP contribution in [0.5, 0.6) is 23.0 Å². The van der Waals surface area contributed by atoms with Gasteiger partial charge in [0, 0.05) is 22.2 Å². The fourth-order valence-electron chi connectivity index (χ4n) is 2.49. The number of benzene rings is 4. The van der Waals surface area contributed by atoms with Crippen LogP contribution in [0.4, 0.5) is 8.78 Å². The molecule has 0 spiro atoms. The Labute approximate surface area is 221 Å². The Morgan fingerprint density at radius 1 is 0.676 bits per heavy atom. The topological polar surface area (TPSA) is 93.1 Å². The van der Waals surface area contributed by atoms with E-state index in [1.54, 1.807) is 48.5 Å². The first kappa shape index (κ1) is 29.3.